The average Bonchev–Trinajstić information content (AvgIpc) is 2.74. The summed E-state index contributed by atoms with van der Waals surface area (Å²) in [4.78, 5) is 20.5. The van der Waals surface area contributed by atoms with E-state index in [2.05, 4.69) is 20.6 Å². The van der Waals surface area contributed by atoms with Crippen molar-refractivity contribution in [1.82, 2.24) is 15.3 Å². The molecule has 0 fully saturated rings. The van der Waals surface area contributed by atoms with E-state index in [9.17, 15) is 4.79 Å². The van der Waals surface area contributed by atoms with E-state index < -0.39 is 0 Å². The predicted molar refractivity (Wildman–Crippen MR) is 110 cm³/mol. The largest absolute Gasteiger partial charge is 0.489 e. The summed E-state index contributed by atoms with van der Waals surface area (Å²) in [7, 11) is 0. The standard InChI is InChI=1S/C22H24N4O2/c1-3-16(2)25-22(27)20-13-24-21(14-23-20)26-18-9-11-19(12-10-18)28-15-17-7-5-4-6-8-17/h4-14,16H,3,15H2,1-2H3,(H,24,26)(H,25,27). The van der Waals surface area contributed by atoms with Crippen LogP contribution in [-0.2, 0) is 6.61 Å². The number of ether oxygens (including phenoxy) is 1. The molecule has 0 spiro atoms. The monoisotopic (exact) mass is 376 g/mol. The van der Waals surface area contributed by atoms with Crippen molar-refractivity contribution in [3.8, 4) is 5.75 Å². The van der Waals surface area contributed by atoms with E-state index in [0.29, 0.717) is 18.1 Å². The van der Waals surface area contributed by atoms with Crippen LogP contribution in [0, 0.1) is 0 Å². The number of hydrogen-bond acceptors (Lipinski definition) is 5. The van der Waals surface area contributed by atoms with E-state index in [0.717, 1.165) is 23.4 Å². The zero-order valence-electron chi connectivity index (χ0n) is 16.1. The maximum Gasteiger partial charge on any atom is 0.271 e. The number of anilines is 2. The zero-order valence-corrected chi connectivity index (χ0v) is 16.1. The average molecular weight is 376 g/mol. The molecule has 1 atom stereocenters. The Balaban J connectivity index is 1.54. The first-order valence-electron chi connectivity index (χ1n) is 9.30. The van der Waals surface area contributed by atoms with E-state index in [1.54, 1.807) is 6.20 Å². The van der Waals surface area contributed by atoms with Crippen LogP contribution >= 0.6 is 0 Å². The number of nitrogens with one attached hydrogen (secondary N) is 2. The number of hydrogen-bond donors (Lipinski definition) is 2. The van der Waals surface area contributed by atoms with Crippen molar-refractivity contribution in [3.63, 3.8) is 0 Å². The van der Waals surface area contributed by atoms with Gasteiger partial charge >= 0.3 is 0 Å². The molecule has 0 bridgehead atoms. The molecular formula is C22H24N4O2. The molecular weight excluding hydrogens is 352 g/mol. The van der Waals surface area contributed by atoms with Crippen LogP contribution in [-0.4, -0.2) is 21.9 Å². The summed E-state index contributed by atoms with van der Waals surface area (Å²) in [6.45, 7) is 4.50. The van der Waals surface area contributed by atoms with Crippen molar-refractivity contribution < 1.29 is 9.53 Å². The molecule has 0 radical (unpaired) electrons. The smallest absolute Gasteiger partial charge is 0.271 e. The molecule has 2 N–H and O–H groups in total. The molecule has 1 aromatic heterocycles. The van der Waals surface area contributed by atoms with E-state index in [-0.39, 0.29) is 11.9 Å². The van der Waals surface area contributed by atoms with Gasteiger partial charge in [0.1, 0.15) is 23.9 Å². The van der Waals surface area contributed by atoms with Gasteiger partial charge in [-0.2, -0.15) is 0 Å². The second-order valence-corrected chi connectivity index (χ2v) is 6.49. The lowest BCUT2D eigenvalue weighted by Crippen LogP contribution is -2.32. The molecule has 0 aliphatic carbocycles. The fraction of sp³-hybridized carbons (Fsp3) is 0.227. The van der Waals surface area contributed by atoms with Crippen molar-refractivity contribution in [3.05, 3.63) is 78.2 Å². The first-order chi connectivity index (χ1) is 13.6. The van der Waals surface area contributed by atoms with Crippen molar-refractivity contribution in [2.24, 2.45) is 0 Å². The maximum absolute atomic E-state index is 12.0. The van der Waals surface area contributed by atoms with Gasteiger partial charge in [-0.05, 0) is 43.2 Å². The summed E-state index contributed by atoms with van der Waals surface area (Å²) in [5, 5.41) is 6.03. The second kappa shape index (κ2) is 9.50. The highest BCUT2D eigenvalue weighted by atomic mass is 16.5. The van der Waals surface area contributed by atoms with E-state index in [1.165, 1.54) is 6.20 Å². The Morgan fingerprint density at radius 1 is 1.04 bits per heavy atom. The van der Waals surface area contributed by atoms with Gasteiger partial charge in [0, 0.05) is 11.7 Å². The molecule has 1 amide bonds. The van der Waals surface area contributed by atoms with Crippen LogP contribution < -0.4 is 15.4 Å². The predicted octanol–water partition coefficient (Wildman–Crippen LogP) is 4.33. The van der Waals surface area contributed by atoms with Gasteiger partial charge in [-0.15, -0.1) is 0 Å². The van der Waals surface area contributed by atoms with Gasteiger partial charge in [-0.1, -0.05) is 37.3 Å². The third-order valence-electron chi connectivity index (χ3n) is 4.25. The Morgan fingerprint density at radius 2 is 1.79 bits per heavy atom. The molecule has 3 rings (SSSR count). The molecule has 3 aromatic rings. The highest BCUT2D eigenvalue weighted by Crippen LogP contribution is 2.19. The molecule has 6 heteroatoms. The first kappa shape index (κ1) is 19.4. The Morgan fingerprint density at radius 3 is 2.43 bits per heavy atom. The quantitative estimate of drug-likeness (QED) is 0.612. The van der Waals surface area contributed by atoms with Gasteiger partial charge < -0.3 is 15.4 Å². The summed E-state index contributed by atoms with van der Waals surface area (Å²) in [6, 6.07) is 17.7. The number of benzene rings is 2. The normalized spacial score (nSPS) is 11.5. The Hall–Kier alpha value is -3.41. The highest BCUT2D eigenvalue weighted by Gasteiger charge is 2.10. The zero-order chi connectivity index (χ0) is 19.8. The van der Waals surface area contributed by atoms with Gasteiger partial charge in [-0.25, -0.2) is 9.97 Å². The van der Waals surface area contributed by atoms with Gasteiger partial charge in [0.2, 0.25) is 0 Å². The molecule has 1 heterocycles. The van der Waals surface area contributed by atoms with Crippen molar-refractivity contribution in [1.29, 1.82) is 0 Å². The third-order valence-corrected chi connectivity index (χ3v) is 4.25. The summed E-state index contributed by atoms with van der Waals surface area (Å²) >= 11 is 0. The lowest BCUT2D eigenvalue weighted by molar-refractivity contribution is 0.0934. The number of rotatable bonds is 8. The van der Waals surface area contributed by atoms with Crippen LogP contribution in [0.5, 0.6) is 5.75 Å². The molecule has 0 aliphatic rings. The van der Waals surface area contributed by atoms with Crippen LogP contribution in [0.2, 0.25) is 0 Å². The van der Waals surface area contributed by atoms with Gasteiger partial charge in [0.05, 0.1) is 12.4 Å². The molecule has 2 aromatic carbocycles. The Kier molecular flexibility index (Phi) is 6.57. The van der Waals surface area contributed by atoms with Crippen LogP contribution in [0.4, 0.5) is 11.5 Å². The lowest BCUT2D eigenvalue weighted by Gasteiger charge is -2.11. The van der Waals surface area contributed by atoms with Gasteiger partial charge in [0.25, 0.3) is 5.91 Å². The molecule has 0 saturated heterocycles. The van der Waals surface area contributed by atoms with Crippen LogP contribution in [0.25, 0.3) is 0 Å². The Labute approximate surface area is 165 Å². The minimum absolute atomic E-state index is 0.106. The summed E-state index contributed by atoms with van der Waals surface area (Å²) in [5.41, 5.74) is 2.28. The second-order valence-electron chi connectivity index (χ2n) is 6.49. The summed E-state index contributed by atoms with van der Waals surface area (Å²) < 4.78 is 5.78. The summed E-state index contributed by atoms with van der Waals surface area (Å²) in [6.07, 6.45) is 3.88. The van der Waals surface area contributed by atoms with E-state index >= 15 is 0 Å². The van der Waals surface area contributed by atoms with Crippen LogP contribution in [0.15, 0.2) is 67.0 Å². The summed E-state index contributed by atoms with van der Waals surface area (Å²) in [5.74, 6) is 1.14. The van der Waals surface area contributed by atoms with Gasteiger partial charge in [-0.3, -0.25) is 4.79 Å². The molecule has 0 aliphatic heterocycles. The van der Waals surface area contributed by atoms with Crippen molar-refractivity contribution >= 4 is 17.4 Å². The number of carbonyl (C=O) groups is 1. The maximum atomic E-state index is 12.0. The molecule has 144 valence electrons. The third kappa shape index (κ3) is 5.54. The number of carbonyl (C=O) groups excluding carboxylic acids is 1. The molecule has 6 nitrogen and oxygen atoms in total. The highest BCUT2D eigenvalue weighted by molar-refractivity contribution is 5.92. The van der Waals surface area contributed by atoms with E-state index in [4.69, 9.17) is 4.74 Å². The SMILES string of the molecule is CCC(C)NC(=O)c1cnc(Nc2ccc(OCc3ccccc3)cc2)cn1. The topological polar surface area (TPSA) is 76.1 Å². The van der Waals surface area contributed by atoms with Crippen LogP contribution in [0.1, 0.15) is 36.3 Å². The fourth-order valence-electron chi connectivity index (χ4n) is 2.43. The van der Waals surface area contributed by atoms with Crippen LogP contribution in [0.3, 0.4) is 0 Å². The number of aromatic nitrogens is 2. The number of nitrogens with zero attached hydrogens (tertiary/aromatic N) is 2. The Bertz CT molecular complexity index is 881. The van der Waals surface area contributed by atoms with Crippen molar-refractivity contribution in [2.45, 2.75) is 32.9 Å². The fourth-order valence-corrected chi connectivity index (χ4v) is 2.43. The molecule has 0 saturated carbocycles. The minimum atomic E-state index is -0.215. The first-order valence-corrected chi connectivity index (χ1v) is 9.30. The number of amides is 1. The lowest BCUT2D eigenvalue weighted by atomic mass is 10.2. The molecule has 28 heavy (non-hydrogen) atoms. The van der Waals surface area contributed by atoms with E-state index in [1.807, 2.05) is 68.4 Å². The molecule has 1 unspecified atom stereocenters. The van der Waals surface area contributed by atoms with Gasteiger partial charge in [0.15, 0.2) is 0 Å². The minimum Gasteiger partial charge on any atom is -0.489 e. The van der Waals surface area contributed by atoms with Crippen molar-refractivity contribution in [2.75, 3.05) is 5.32 Å².